The van der Waals surface area contributed by atoms with Gasteiger partial charge in [0.2, 0.25) is 0 Å². The van der Waals surface area contributed by atoms with Gasteiger partial charge in [0, 0.05) is 31.6 Å². The normalized spacial score (nSPS) is 12.4. The van der Waals surface area contributed by atoms with E-state index in [1.54, 1.807) is 33.4 Å². The number of aromatic nitrogens is 1. The van der Waals surface area contributed by atoms with Crippen molar-refractivity contribution in [1.29, 1.82) is 0 Å². The second-order valence-corrected chi connectivity index (χ2v) is 6.14. The highest BCUT2D eigenvalue weighted by molar-refractivity contribution is 5.90. The lowest BCUT2D eigenvalue weighted by Gasteiger charge is -2.16. The van der Waals surface area contributed by atoms with E-state index in [-0.39, 0.29) is 5.91 Å². The summed E-state index contributed by atoms with van der Waals surface area (Å²) in [6.45, 7) is 6.18. The van der Waals surface area contributed by atoms with Gasteiger partial charge >= 0.3 is 5.97 Å². The zero-order chi connectivity index (χ0) is 18.6. The molecule has 2 aromatic rings. The summed E-state index contributed by atoms with van der Waals surface area (Å²) in [5.74, 6) is 0.0738. The van der Waals surface area contributed by atoms with Crippen molar-refractivity contribution in [2.24, 2.45) is 0 Å². The second kappa shape index (κ2) is 7.88. The molecular weight excluding hydrogens is 320 g/mol. The standard InChI is InChI=1S/C19H24N2O4/c1-13-11-16(14(2)21(13)12-17-7-6-10-24-17)8-9-18(22)25-15(3)19(23)20(4)5/h6-11,15H,12H2,1-5H3/b9-8+/t15-/m1/s1. The number of ether oxygens (including phenoxy) is 1. The third kappa shape index (κ3) is 4.62. The summed E-state index contributed by atoms with van der Waals surface area (Å²) in [6.07, 6.45) is 3.89. The Labute approximate surface area is 147 Å². The van der Waals surface area contributed by atoms with E-state index in [1.807, 2.05) is 32.0 Å². The lowest BCUT2D eigenvalue weighted by molar-refractivity contribution is -0.153. The summed E-state index contributed by atoms with van der Waals surface area (Å²) in [4.78, 5) is 25.0. The first kappa shape index (κ1) is 18.6. The van der Waals surface area contributed by atoms with Crippen molar-refractivity contribution < 1.29 is 18.7 Å². The van der Waals surface area contributed by atoms with Gasteiger partial charge in [-0.1, -0.05) is 0 Å². The highest BCUT2D eigenvalue weighted by atomic mass is 16.5. The van der Waals surface area contributed by atoms with Crippen LogP contribution in [0.3, 0.4) is 0 Å². The molecule has 0 saturated carbocycles. The Balaban J connectivity index is 2.06. The summed E-state index contributed by atoms with van der Waals surface area (Å²) in [5.41, 5.74) is 3.01. The number of likely N-dealkylation sites (N-methyl/N-ethyl adjacent to an activating group) is 1. The summed E-state index contributed by atoms with van der Waals surface area (Å²) >= 11 is 0. The highest BCUT2D eigenvalue weighted by Crippen LogP contribution is 2.18. The van der Waals surface area contributed by atoms with Gasteiger partial charge in [-0.2, -0.15) is 0 Å². The number of rotatable bonds is 6. The van der Waals surface area contributed by atoms with Crippen LogP contribution in [0.5, 0.6) is 0 Å². The predicted molar refractivity (Wildman–Crippen MR) is 95.0 cm³/mol. The second-order valence-electron chi connectivity index (χ2n) is 6.14. The van der Waals surface area contributed by atoms with Gasteiger partial charge in [-0.25, -0.2) is 4.79 Å². The van der Waals surface area contributed by atoms with Crippen molar-refractivity contribution >= 4 is 18.0 Å². The number of hydrogen-bond donors (Lipinski definition) is 0. The van der Waals surface area contributed by atoms with Crippen LogP contribution in [0.15, 0.2) is 35.0 Å². The van der Waals surface area contributed by atoms with Crippen molar-refractivity contribution in [1.82, 2.24) is 9.47 Å². The molecule has 6 nitrogen and oxygen atoms in total. The van der Waals surface area contributed by atoms with Gasteiger partial charge in [0.25, 0.3) is 5.91 Å². The fourth-order valence-electron chi connectivity index (χ4n) is 2.58. The molecule has 0 saturated heterocycles. The van der Waals surface area contributed by atoms with Crippen molar-refractivity contribution in [2.45, 2.75) is 33.4 Å². The minimum absolute atomic E-state index is 0.252. The Morgan fingerprint density at radius 3 is 2.68 bits per heavy atom. The first-order valence-corrected chi connectivity index (χ1v) is 8.08. The van der Waals surface area contributed by atoms with Gasteiger partial charge in [-0.05, 0) is 50.6 Å². The van der Waals surface area contributed by atoms with Crippen LogP contribution in [-0.2, 0) is 20.9 Å². The maximum atomic E-state index is 11.9. The Hall–Kier alpha value is -2.76. The van der Waals surface area contributed by atoms with Crippen LogP contribution in [-0.4, -0.2) is 41.5 Å². The van der Waals surface area contributed by atoms with Gasteiger partial charge in [0.15, 0.2) is 6.10 Å². The molecule has 1 amide bonds. The van der Waals surface area contributed by atoms with E-state index in [0.717, 1.165) is 22.7 Å². The average Bonchev–Trinajstić information content (AvgIpc) is 3.15. The zero-order valence-electron chi connectivity index (χ0n) is 15.3. The number of carbonyl (C=O) groups is 2. The zero-order valence-corrected chi connectivity index (χ0v) is 15.3. The molecule has 2 aromatic heterocycles. The van der Waals surface area contributed by atoms with E-state index in [9.17, 15) is 9.59 Å². The smallest absolute Gasteiger partial charge is 0.331 e. The number of esters is 1. The van der Waals surface area contributed by atoms with Crippen molar-refractivity contribution in [2.75, 3.05) is 14.1 Å². The lowest BCUT2D eigenvalue weighted by Crippen LogP contribution is -2.34. The maximum absolute atomic E-state index is 11.9. The minimum Gasteiger partial charge on any atom is -0.467 e. The first-order valence-electron chi connectivity index (χ1n) is 8.08. The van der Waals surface area contributed by atoms with Crippen LogP contribution in [0.1, 0.15) is 29.6 Å². The van der Waals surface area contributed by atoms with Crippen LogP contribution in [0.25, 0.3) is 6.08 Å². The van der Waals surface area contributed by atoms with Crippen molar-refractivity contribution in [3.05, 3.63) is 53.2 Å². The summed E-state index contributed by atoms with van der Waals surface area (Å²) in [7, 11) is 3.24. The Morgan fingerprint density at radius 2 is 2.08 bits per heavy atom. The predicted octanol–water partition coefficient (Wildman–Crippen LogP) is 2.78. The number of aryl methyl sites for hydroxylation is 1. The van der Waals surface area contributed by atoms with Crippen LogP contribution in [0, 0.1) is 13.8 Å². The molecule has 0 radical (unpaired) electrons. The molecule has 0 N–H and O–H groups in total. The molecule has 6 heteroatoms. The Kier molecular flexibility index (Phi) is 5.85. The molecule has 0 aliphatic rings. The first-order chi connectivity index (χ1) is 11.8. The molecule has 0 aliphatic carbocycles. The van der Waals surface area contributed by atoms with E-state index in [1.165, 1.54) is 11.0 Å². The van der Waals surface area contributed by atoms with E-state index < -0.39 is 12.1 Å². The van der Waals surface area contributed by atoms with E-state index in [0.29, 0.717) is 6.54 Å². The van der Waals surface area contributed by atoms with E-state index in [2.05, 4.69) is 4.57 Å². The monoisotopic (exact) mass is 344 g/mol. The van der Waals surface area contributed by atoms with E-state index in [4.69, 9.17) is 9.15 Å². The SMILES string of the molecule is Cc1cc(/C=C/C(=O)O[C@H](C)C(=O)N(C)C)c(C)n1Cc1ccco1. The number of nitrogens with zero attached hydrogens (tertiary/aromatic N) is 2. The minimum atomic E-state index is -0.807. The maximum Gasteiger partial charge on any atom is 0.331 e. The third-order valence-electron chi connectivity index (χ3n) is 3.99. The summed E-state index contributed by atoms with van der Waals surface area (Å²) < 4.78 is 12.6. The lowest BCUT2D eigenvalue weighted by atomic mass is 10.2. The number of carbonyl (C=O) groups excluding carboxylic acids is 2. The molecule has 1 atom stereocenters. The third-order valence-corrected chi connectivity index (χ3v) is 3.99. The molecule has 0 unspecified atom stereocenters. The highest BCUT2D eigenvalue weighted by Gasteiger charge is 2.18. The van der Waals surface area contributed by atoms with Crippen LogP contribution in [0.4, 0.5) is 0 Å². The van der Waals surface area contributed by atoms with Gasteiger partial charge in [-0.15, -0.1) is 0 Å². The molecule has 2 heterocycles. The number of amides is 1. The Morgan fingerprint density at radius 1 is 1.36 bits per heavy atom. The molecule has 0 spiro atoms. The van der Waals surface area contributed by atoms with Gasteiger partial charge in [-0.3, -0.25) is 4.79 Å². The fraction of sp³-hybridized carbons (Fsp3) is 0.368. The van der Waals surface area contributed by atoms with Crippen LogP contribution >= 0.6 is 0 Å². The van der Waals surface area contributed by atoms with Crippen LogP contribution in [0.2, 0.25) is 0 Å². The molecule has 0 aromatic carbocycles. The van der Waals surface area contributed by atoms with Crippen LogP contribution < -0.4 is 0 Å². The van der Waals surface area contributed by atoms with Gasteiger partial charge in [0.1, 0.15) is 5.76 Å². The number of furan rings is 1. The Bertz CT molecular complexity index is 770. The van der Waals surface area contributed by atoms with Gasteiger partial charge < -0.3 is 18.6 Å². The number of hydrogen-bond acceptors (Lipinski definition) is 4. The fourth-order valence-corrected chi connectivity index (χ4v) is 2.58. The quantitative estimate of drug-likeness (QED) is 0.597. The molecule has 25 heavy (non-hydrogen) atoms. The molecule has 2 rings (SSSR count). The van der Waals surface area contributed by atoms with Crippen molar-refractivity contribution in [3.8, 4) is 0 Å². The molecule has 0 fully saturated rings. The summed E-state index contributed by atoms with van der Waals surface area (Å²) in [5, 5.41) is 0. The molecule has 134 valence electrons. The largest absolute Gasteiger partial charge is 0.467 e. The van der Waals surface area contributed by atoms with Gasteiger partial charge in [0.05, 0.1) is 12.8 Å². The summed E-state index contributed by atoms with van der Waals surface area (Å²) in [6, 6.07) is 5.78. The molecular formula is C19H24N2O4. The molecule has 0 bridgehead atoms. The topological polar surface area (TPSA) is 64.7 Å². The van der Waals surface area contributed by atoms with Crippen molar-refractivity contribution in [3.63, 3.8) is 0 Å². The average molecular weight is 344 g/mol. The molecule has 0 aliphatic heterocycles. The van der Waals surface area contributed by atoms with E-state index >= 15 is 0 Å².